The van der Waals surface area contributed by atoms with Gasteiger partial charge in [-0.25, -0.2) is 0 Å². The molecule has 0 radical (unpaired) electrons. The van der Waals surface area contributed by atoms with Crippen molar-refractivity contribution in [3.05, 3.63) is 28.8 Å². The summed E-state index contributed by atoms with van der Waals surface area (Å²) in [6.07, 6.45) is 2.17. The standard InChI is InChI=1S/C12H17ClN2/c1-9-8-11(2-3-12(9)13)15-6-4-10(14)5-7-15/h2-3,8,10H,4-7,14H2,1H3. The van der Waals surface area contributed by atoms with Gasteiger partial charge in [-0.15, -0.1) is 0 Å². The Balaban J connectivity index is 2.12. The van der Waals surface area contributed by atoms with Gasteiger partial charge in [-0.3, -0.25) is 0 Å². The molecule has 1 aliphatic heterocycles. The van der Waals surface area contributed by atoms with Gasteiger partial charge in [0.1, 0.15) is 0 Å². The van der Waals surface area contributed by atoms with Crippen LogP contribution in [0.25, 0.3) is 0 Å². The van der Waals surface area contributed by atoms with Gasteiger partial charge in [-0.2, -0.15) is 0 Å². The summed E-state index contributed by atoms with van der Waals surface area (Å²) in [7, 11) is 0. The van der Waals surface area contributed by atoms with Gasteiger partial charge in [0.05, 0.1) is 0 Å². The molecule has 0 bridgehead atoms. The van der Waals surface area contributed by atoms with Crippen molar-refractivity contribution in [3.8, 4) is 0 Å². The Kier molecular flexibility index (Phi) is 3.17. The Bertz CT molecular complexity index is 343. The molecule has 1 aliphatic rings. The van der Waals surface area contributed by atoms with Crippen molar-refractivity contribution >= 4 is 17.3 Å². The molecule has 1 saturated heterocycles. The van der Waals surface area contributed by atoms with Gasteiger partial charge in [0.2, 0.25) is 0 Å². The zero-order chi connectivity index (χ0) is 10.8. The fourth-order valence-electron chi connectivity index (χ4n) is 1.98. The summed E-state index contributed by atoms with van der Waals surface area (Å²) < 4.78 is 0. The molecule has 82 valence electrons. The number of rotatable bonds is 1. The van der Waals surface area contributed by atoms with Crippen molar-refractivity contribution < 1.29 is 0 Å². The largest absolute Gasteiger partial charge is 0.371 e. The first-order valence-corrected chi connectivity index (χ1v) is 5.81. The fraction of sp³-hybridized carbons (Fsp3) is 0.500. The third kappa shape index (κ3) is 2.44. The molecule has 0 unspecified atom stereocenters. The first-order chi connectivity index (χ1) is 7.16. The SMILES string of the molecule is Cc1cc(N2CCC(N)CC2)ccc1Cl. The highest BCUT2D eigenvalue weighted by Gasteiger charge is 2.16. The van der Waals surface area contributed by atoms with Crippen molar-refractivity contribution in [1.82, 2.24) is 0 Å². The van der Waals surface area contributed by atoms with Gasteiger partial charge < -0.3 is 10.6 Å². The van der Waals surface area contributed by atoms with Crippen LogP contribution in [0.2, 0.25) is 5.02 Å². The summed E-state index contributed by atoms with van der Waals surface area (Å²) >= 11 is 6.00. The molecule has 0 aliphatic carbocycles. The summed E-state index contributed by atoms with van der Waals surface area (Å²) in [6.45, 7) is 4.16. The quantitative estimate of drug-likeness (QED) is 0.795. The van der Waals surface area contributed by atoms with E-state index in [-0.39, 0.29) is 0 Å². The maximum Gasteiger partial charge on any atom is 0.0436 e. The summed E-state index contributed by atoms with van der Waals surface area (Å²) in [5, 5.41) is 0.840. The van der Waals surface area contributed by atoms with Gasteiger partial charge in [-0.1, -0.05) is 11.6 Å². The first kappa shape index (κ1) is 10.8. The zero-order valence-corrected chi connectivity index (χ0v) is 9.80. The van der Waals surface area contributed by atoms with Crippen LogP contribution in [0.3, 0.4) is 0 Å². The Morgan fingerprint density at radius 2 is 2.00 bits per heavy atom. The van der Waals surface area contributed by atoms with Gasteiger partial charge >= 0.3 is 0 Å². The number of nitrogens with zero attached hydrogens (tertiary/aromatic N) is 1. The molecule has 2 nitrogen and oxygen atoms in total. The fourth-order valence-corrected chi connectivity index (χ4v) is 2.10. The minimum Gasteiger partial charge on any atom is -0.371 e. The molecular formula is C12H17ClN2. The normalized spacial score (nSPS) is 18.2. The number of benzene rings is 1. The molecule has 0 spiro atoms. The van der Waals surface area contributed by atoms with Crippen LogP contribution in [0.5, 0.6) is 0 Å². The number of aryl methyl sites for hydroxylation is 1. The van der Waals surface area contributed by atoms with E-state index in [0.29, 0.717) is 6.04 Å². The van der Waals surface area contributed by atoms with Crippen LogP contribution in [-0.2, 0) is 0 Å². The molecule has 0 atom stereocenters. The van der Waals surface area contributed by atoms with Crippen molar-refractivity contribution in [3.63, 3.8) is 0 Å². The van der Waals surface area contributed by atoms with Gasteiger partial charge in [0.15, 0.2) is 0 Å². The van der Waals surface area contributed by atoms with E-state index in [1.807, 2.05) is 13.0 Å². The van der Waals surface area contributed by atoms with Crippen LogP contribution in [0.1, 0.15) is 18.4 Å². The van der Waals surface area contributed by atoms with Crippen molar-refractivity contribution in [2.75, 3.05) is 18.0 Å². The predicted octanol–water partition coefficient (Wildman–Crippen LogP) is 2.58. The molecular weight excluding hydrogens is 208 g/mol. The average Bonchev–Trinajstić information content (AvgIpc) is 2.23. The Morgan fingerprint density at radius 3 is 2.60 bits per heavy atom. The Morgan fingerprint density at radius 1 is 1.33 bits per heavy atom. The van der Waals surface area contributed by atoms with Crippen molar-refractivity contribution in [2.24, 2.45) is 5.73 Å². The van der Waals surface area contributed by atoms with E-state index in [9.17, 15) is 0 Å². The van der Waals surface area contributed by atoms with Gasteiger partial charge in [0.25, 0.3) is 0 Å². The summed E-state index contributed by atoms with van der Waals surface area (Å²) in [4.78, 5) is 2.38. The monoisotopic (exact) mass is 224 g/mol. The summed E-state index contributed by atoms with van der Waals surface area (Å²) in [6, 6.07) is 6.60. The highest BCUT2D eigenvalue weighted by atomic mass is 35.5. The lowest BCUT2D eigenvalue weighted by Crippen LogP contribution is -2.39. The van der Waals surface area contributed by atoms with E-state index in [2.05, 4.69) is 17.0 Å². The van der Waals surface area contributed by atoms with Crippen molar-refractivity contribution in [1.29, 1.82) is 0 Å². The molecule has 2 rings (SSSR count). The van der Waals surface area contributed by atoms with Gasteiger partial charge in [-0.05, 0) is 43.5 Å². The smallest absolute Gasteiger partial charge is 0.0436 e. The minimum atomic E-state index is 0.384. The minimum absolute atomic E-state index is 0.384. The Labute approximate surface area is 96.0 Å². The molecule has 1 aromatic rings. The summed E-state index contributed by atoms with van der Waals surface area (Å²) in [5.41, 5.74) is 8.29. The van der Waals surface area contributed by atoms with Crippen LogP contribution in [0, 0.1) is 6.92 Å². The van der Waals surface area contributed by atoms with Crippen LogP contribution in [-0.4, -0.2) is 19.1 Å². The maximum absolute atomic E-state index is 6.00. The highest BCUT2D eigenvalue weighted by Crippen LogP contribution is 2.24. The lowest BCUT2D eigenvalue weighted by atomic mass is 10.1. The van der Waals surface area contributed by atoms with Gasteiger partial charge in [0, 0.05) is 29.8 Å². The first-order valence-electron chi connectivity index (χ1n) is 5.43. The lowest BCUT2D eigenvalue weighted by molar-refractivity contribution is 0.501. The maximum atomic E-state index is 6.00. The van der Waals surface area contributed by atoms with Crippen molar-refractivity contribution in [2.45, 2.75) is 25.8 Å². The molecule has 15 heavy (non-hydrogen) atoms. The second kappa shape index (κ2) is 4.42. The van der Waals surface area contributed by atoms with Crippen LogP contribution in [0.15, 0.2) is 18.2 Å². The molecule has 1 aromatic carbocycles. The number of hydrogen-bond acceptors (Lipinski definition) is 2. The number of halogens is 1. The van der Waals surface area contributed by atoms with E-state index in [1.54, 1.807) is 0 Å². The molecule has 2 N–H and O–H groups in total. The zero-order valence-electron chi connectivity index (χ0n) is 9.04. The predicted molar refractivity (Wildman–Crippen MR) is 65.6 cm³/mol. The second-order valence-electron chi connectivity index (χ2n) is 4.26. The average molecular weight is 225 g/mol. The molecule has 0 aromatic heterocycles. The third-order valence-corrected chi connectivity index (χ3v) is 3.47. The number of hydrogen-bond donors (Lipinski definition) is 1. The van der Waals surface area contributed by atoms with Crippen LogP contribution >= 0.6 is 11.6 Å². The number of nitrogens with two attached hydrogens (primary N) is 1. The number of piperidine rings is 1. The topological polar surface area (TPSA) is 29.3 Å². The lowest BCUT2D eigenvalue weighted by Gasteiger charge is -2.32. The van der Waals surface area contributed by atoms with E-state index >= 15 is 0 Å². The second-order valence-corrected chi connectivity index (χ2v) is 4.67. The van der Waals surface area contributed by atoms with E-state index in [1.165, 1.54) is 5.69 Å². The highest BCUT2D eigenvalue weighted by molar-refractivity contribution is 6.31. The molecule has 0 amide bonds. The Hall–Kier alpha value is -0.730. The molecule has 0 saturated carbocycles. The third-order valence-electron chi connectivity index (χ3n) is 3.05. The summed E-state index contributed by atoms with van der Waals surface area (Å²) in [5.74, 6) is 0. The van der Waals surface area contributed by atoms with E-state index in [4.69, 9.17) is 17.3 Å². The van der Waals surface area contributed by atoms with Crippen LogP contribution in [0.4, 0.5) is 5.69 Å². The van der Waals surface area contributed by atoms with E-state index < -0.39 is 0 Å². The van der Waals surface area contributed by atoms with E-state index in [0.717, 1.165) is 36.5 Å². The van der Waals surface area contributed by atoms with Crippen LogP contribution < -0.4 is 10.6 Å². The molecule has 1 heterocycles. The molecule has 3 heteroatoms. The number of anilines is 1. The molecule has 1 fully saturated rings.